The Morgan fingerprint density at radius 1 is 1.50 bits per heavy atom. The van der Waals surface area contributed by atoms with Crippen molar-refractivity contribution in [1.82, 2.24) is 15.0 Å². The summed E-state index contributed by atoms with van der Waals surface area (Å²) in [6, 6.07) is 0. The van der Waals surface area contributed by atoms with Gasteiger partial charge in [-0.05, 0) is 22.4 Å². The first-order chi connectivity index (χ1) is 6.34. The molecule has 80 valence electrons. The number of aryl methyl sites for hydroxylation is 1. The minimum atomic E-state index is 0.0694. The molecule has 1 atom stereocenters. The lowest BCUT2D eigenvalue weighted by Crippen LogP contribution is -2.24. The summed E-state index contributed by atoms with van der Waals surface area (Å²) in [5.74, 6) is 0. The van der Waals surface area contributed by atoms with Crippen molar-refractivity contribution in [3.05, 3.63) is 10.3 Å². The van der Waals surface area contributed by atoms with Crippen LogP contribution in [-0.4, -0.2) is 19.8 Å². The van der Waals surface area contributed by atoms with E-state index in [1.165, 1.54) is 0 Å². The first kappa shape index (κ1) is 12.2. The molecule has 0 aliphatic rings. The molecule has 1 rings (SSSR count). The van der Waals surface area contributed by atoms with Crippen LogP contribution in [0.25, 0.3) is 0 Å². The zero-order valence-corrected chi connectivity index (χ0v) is 12.1. The molecule has 0 aliphatic carbocycles. The van der Waals surface area contributed by atoms with E-state index in [1.807, 2.05) is 11.7 Å². The van der Waals surface area contributed by atoms with Gasteiger partial charge >= 0.3 is 0 Å². The molecular formula is C9H15Br2N3. The molecule has 0 spiro atoms. The Balaban J connectivity index is 3.02. The number of rotatable bonds is 3. The Bertz CT molecular complexity index is 298. The van der Waals surface area contributed by atoms with Gasteiger partial charge in [0.1, 0.15) is 0 Å². The smallest absolute Gasteiger partial charge is 0.152 e. The summed E-state index contributed by atoms with van der Waals surface area (Å²) in [5, 5.41) is 8.00. The molecule has 0 aliphatic heterocycles. The maximum atomic E-state index is 4.00. The lowest BCUT2D eigenvalue weighted by molar-refractivity contribution is 0.441. The highest BCUT2D eigenvalue weighted by Crippen LogP contribution is 2.33. The Hall–Kier alpha value is 0.1000. The summed E-state index contributed by atoms with van der Waals surface area (Å²) >= 11 is 7.01. The molecular weight excluding hydrogens is 310 g/mol. The summed E-state index contributed by atoms with van der Waals surface area (Å²) in [7, 11) is 1.92. The van der Waals surface area contributed by atoms with E-state index in [9.17, 15) is 0 Å². The SMILES string of the molecule is CC(Br)CC(C)(C)c1c(Br)nnn1C. The molecule has 14 heavy (non-hydrogen) atoms. The molecule has 0 N–H and O–H groups in total. The summed E-state index contributed by atoms with van der Waals surface area (Å²) in [5.41, 5.74) is 1.21. The van der Waals surface area contributed by atoms with Crippen molar-refractivity contribution in [2.75, 3.05) is 0 Å². The van der Waals surface area contributed by atoms with E-state index >= 15 is 0 Å². The first-order valence-corrected chi connectivity index (χ1v) is 6.25. The van der Waals surface area contributed by atoms with Gasteiger partial charge in [0.15, 0.2) is 4.60 Å². The topological polar surface area (TPSA) is 30.7 Å². The summed E-state index contributed by atoms with van der Waals surface area (Å²) in [6.45, 7) is 6.56. The normalized spacial score (nSPS) is 14.4. The second-order valence-electron chi connectivity index (χ2n) is 4.22. The third kappa shape index (κ3) is 2.57. The third-order valence-electron chi connectivity index (χ3n) is 2.22. The highest BCUT2D eigenvalue weighted by atomic mass is 79.9. The van der Waals surface area contributed by atoms with Gasteiger partial charge in [0.05, 0.1) is 5.69 Å². The van der Waals surface area contributed by atoms with Crippen LogP contribution in [0.1, 0.15) is 32.9 Å². The van der Waals surface area contributed by atoms with Gasteiger partial charge in [-0.15, -0.1) is 5.10 Å². The van der Waals surface area contributed by atoms with Crippen LogP contribution >= 0.6 is 31.9 Å². The quantitative estimate of drug-likeness (QED) is 0.800. The summed E-state index contributed by atoms with van der Waals surface area (Å²) in [4.78, 5) is 0.485. The van der Waals surface area contributed by atoms with E-state index in [1.54, 1.807) is 0 Å². The Morgan fingerprint density at radius 2 is 2.07 bits per heavy atom. The van der Waals surface area contributed by atoms with Crippen molar-refractivity contribution >= 4 is 31.9 Å². The number of alkyl halides is 1. The average Bonchev–Trinajstić information content (AvgIpc) is 2.27. The summed E-state index contributed by atoms with van der Waals surface area (Å²) in [6.07, 6.45) is 1.05. The molecule has 0 fully saturated rings. The predicted molar refractivity (Wildman–Crippen MR) is 64.7 cm³/mol. The summed E-state index contributed by atoms with van der Waals surface area (Å²) < 4.78 is 2.68. The van der Waals surface area contributed by atoms with Crippen molar-refractivity contribution in [2.45, 2.75) is 37.4 Å². The van der Waals surface area contributed by atoms with Crippen LogP contribution in [0.2, 0.25) is 0 Å². The number of halogens is 2. The molecule has 1 heterocycles. The van der Waals surface area contributed by atoms with Gasteiger partial charge in [0.25, 0.3) is 0 Å². The standard InChI is InChI=1S/C9H15Br2N3/c1-6(10)5-9(2,3)7-8(11)12-13-14(7)4/h6H,5H2,1-4H3. The highest BCUT2D eigenvalue weighted by Gasteiger charge is 2.29. The largest absolute Gasteiger partial charge is 0.251 e. The maximum absolute atomic E-state index is 4.00. The minimum absolute atomic E-state index is 0.0694. The fourth-order valence-corrected chi connectivity index (χ4v) is 3.52. The molecule has 0 amide bonds. The second kappa shape index (κ2) is 4.31. The molecule has 0 radical (unpaired) electrons. The van der Waals surface area contributed by atoms with Gasteiger partial charge in [0, 0.05) is 17.3 Å². The van der Waals surface area contributed by atoms with Gasteiger partial charge in [-0.3, -0.25) is 4.68 Å². The highest BCUT2D eigenvalue weighted by molar-refractivity contribution is 9.10. The number of hydrogen-bond acceptors (Lipinski definition) is 2. The minimum Gasteiger partial charge on any atom is -0.251 e. The van der Waals surface area contributed by atoms with Crippen molar-refractivity contribution < 1.29 is 0 Å². The fraction of sp³-hybridized carbons (Fsp3) is 0.778. The number of aromatic nitrogens is 3. The monoisotopic (exact) mass is 323 g/mol. The zero-order chi connectivity index (χ0) is 10.9. The molecule has 0 bridgehead atoms. The molecule has 0 saturated carbocycles. The van der Waals surface area contributed by atoms with Crippen LogP contribution in [-0.2, 0) is 12.5 Å². The van der Waals surface area contributed by atoms with Crippen molar-refractivity contribution in [2.24, 2.45) is 7.05 Å². The fourth-order valence-electron chi connectivity index (χ4n) is 1.85. The number of hydrogen-bond donors (Lipinski definition) is 0. The first-order valence-electron chi connectivity index (χ1n) is 4.54. The Morgan fingerprint density at radius 3 is 2.43 bits per heavy atom. The van der Waals surface area contributed by atoms with Crippen LogP contribution in [0, 0.1) is 0 Å². The number of nitrogens with zero attached hydrogens (tertiary/aromatic N) is 3. The van der Waals surface area contributed by atoms with Gasteiger partial charge < -0.3 is 0 Å². The van der Waals surface area contributed by atoms with E-state index in [-0.39, 0.29) is 5.41 Å². The van der Waals surface area contributed by atoms with E-state index < -0.39 is 0 Å². The van der Waals surface area contributed by atoms with Crippen LogP contribution in [0.15, 0.2) is 4.60 Å². The van der Waals surface area contributed by atoms with E-state index in [0.29, 0.717) is 4.83 Å². The molecule has 0 aromatic carbocycles. The van der Waals surface area contributed by atoms with Crippen molar-refractivity contribution in [3.63, 3.8) is 0 Å². The maximum Gasteiger partial charge on any atom is 0.152 e. The molecule has 1 unspecified atom stereocenters. The van der Waals surface area contributed by atoms with Crippen LogP contribution in [0.5, 0.6) is 0 Å². The Kier molecular flexibility index (Phi) is 3.75. The average molecular weight is 325 g/mol. The van der Waals surface area contributed by atoms with Gasteiger partial charge in [-0.1, -0.05) is 41.9 Å². The van der Waals surface area contributed by atoms with E-state index in [0.717, 1.165) is 16.7 Å². The van der Waals surface area contributed by atoms with Gasteiger partial charge in [-0.25, -0.2) is 0 Å². The van der Waals surface area contributed by atoms with Gasteiger partial charge in [-0.2, -0.15) is 0 Å². The molecule has 3 nitrogen and oxygen atoms in total. The van der Waals surface area contributed by atoms with Crippen molar-refractivity contribution in [1.29, 1.82) is 0 Å². The molecule has 1 aromatic heterocycles. The van der Waals surface area contributed by atoms with Crippen molar-refractivity contribution in [3.8, 4) is 0 Å². The van der Waals surface area contributed by atoms with Crippen LogP contribution in [0.3, 0.4) is 0 Å². The lowest BCUT2D eigenvalue weighted by atomic mass is 9.85. The molecule has 5 heteroatoms. The second-order valence-corrected chi connectivity index (χ2v) is 6.54. The lowest BCUT2D eigenvalue weighted by Gasteiger charge is -2.26. The zero-order valence-electron chi connectivity index (χ0n) is 8.88. The van der Waals surface area contributed by atoms with Crippen LogP contribution < -0.4 is 0 Å². The van der Waals surface area contributed by atoms with E-state index in [2.05, 4.69) is 62.9 Å². The molecule has 1 aromatic rings. The van der Waals surface area contributed by atoms with E-state index in [4.69, 9.17) is 0 Å². The van der Waals surface area contributed by atoms with Crippen LogP contribution in [0.4, 0.5) is 0 Å². The van der Waals surface area contributed by atoms with Gasteiger partial charge in [0.2, 0.25) is 0 Å². The molecule has 0 saturated heterocycles. The predicted octanol–water partition coefficient (Wildman–Crippen LogP) is 3.03. The Labute approximate surface area is 102 Å². The third-order valence-corrected chi connectivity index (χ3v) is 3.08.